The van der Waals surface area contributed by atoms with E-state index in [2.05, 4.69) is 30.8 Å². The third-order valence-corrected chi connectivity index (χ3v) is 7.51. The molecule has 1 aliphatic heterocycles. The van der Waals surface area contributed by atoms with Crippen LogP contribution in [-0.4, -0.2) is 74.4 Å². The molecule has 1 fully saturated rings. The topological polar surface area (TPSA) is 117 Å². The van der Waals surface area contributed by atoms with Crippen molar-refractivity contribution in [3.05, 3.63) is 79.3 Å². The molecule has 3 aromatic heterocycles. The van der Waals surface area contributed by atoms with Gasteiger partial charge in [-0.2, -0.15) is 4.98 Å². The molecule has 11 heteroatoms. The Kier molecular flexibility index (Phi) is 7.89. The number of amides is 2. The van der Waals surface area contributed by atoms with Crippen LogP contribution in [0.5, 0.6) is 0 Å². The third kappa shape index (κ3) is 6.14. The second kappa shape index (κ2) is 12.2. The molecule has 2 N–H and O–H groups in total. The summed E-state index contributed by atoms with van der Waals surface area (Å²) in [5, 5.41) is 15.0. The number of para-hydroxylation sites is 1. The Hall–Kier alpha value is -5.06. The minimum Gasteiger partial charge on any atom is -0.361 e. The Morgan fingerprint density at radius 2 is 1.90 bits per heavy atom. The molecular formula is C31H34N10O. The molecule has 11 nitrogen and oxygen atoms in total. The van der Waals surface area contributed by atoms with E-state index in [0.29, 0.717) is 11.9 Å². The third-order valence-electron chi connectivity index (χ3n) is 7.51. The first-order valence-electron chi connectivity index (χ1n) is 14.2. The lowest BCUT2D eigenvalue weighted by Crippen LogP contribution is -2.42. The molecule has 1 aliphatic rings. The maximum atomic E-state index is 12.7. The average Bonchev–Trinajstić information content (AvgIpc) is 3.45. The molecule has 0 spiro atoms. The van der Waals surface area contributed by atoms with Crippen molar-refractivity contribution in [2.24, 2.45) is 5.92 Å². The average molecular weight is 563 g/mol. The maximum Gasteiger partial charge on any atom is 0.321 e. The summed E-state index contributed by atoms with van der Waals surface area (Å²) in [6.45, 7) is 2.25. The monoisotopic (exact) mass is 562 g/mol. The standard InChI is InChI=1S/C31H34N10O/c1-39(2)29-13-11-25(37-38-29)23-10-12-27-26(19-23)34-21-41(27)28-15-17-33-30(36-28)32-16-14-22-7-6-18-40(20-22)31(42)35-24-8-4-3-5-9-24/h3-5,8-13,15,17,19,21-22H,6-7,14,16,18,20H2,1-2H3,(H,35,42)(H,32,33,36). The van der Waals surface area contributed by atoms with Gasteiger partial charge in [0.15, 0.2) is 5.82 Å². The van der Waals surface area contributed by atoms with E-state index in [4.69, 9.17) is 4.98 Å². The van der Waals surface area contributed by atoms with Crippen LogP contribution >= 0.6 is 0 Å². The summed E-state index contributed by atoms with van der Waals surface area (Å²) in [6, 6.07) is 21.4. The zero-order chi connectivity index (χ0) is 28.9. The molecule has 1 saturated heterocycles. The number of hydrogen-bond acceptors (Lipinski definition) is 8. The van der Waals surface area contributed by atoms with E-state index < -0.39 is 0 Å². The molecule has 0 bridgehead atoms. The number of carbonyl (C=O) groups is 1. The highest BCUT2D eigenvalue weighted by molar-refractivity contribution is 5.89. The number of imidazole rings is 1. The Labute approximate surface area is 244 Å². The van der Waals surface area contributed by atoms with Gasteiger partial charge in [-0.3, -0.25) is 4.57 Å². The van der Waals surface area contributed by atoms with Gasteiger partial charge in [-0.25, -0.2) is 14.8 Å². The first-order chi connectivity index (χ1) is 20.5. The zero-order valence-electron chi connectivity index (χ0n) is 23.8. The van der Waals surface area contributed by atoms with Gasteiger partial charge in [0.05, 0.1) is 16.7 Å². The highest BCUT2D eigenvalue weighted by Gasteiger charge is 2.23. The molecule has 0 aliphatic carbocycles. The number of urea groups is 1. The Bertz CT molecular complexity index is 1650. The van der Waals surface area contributed by atoms with Crippen molar-refractivity contribution < 1.29 is 4.79 Å². The fourth-order valence-electron chi connectivity index (χ4n) is 5.24. The van der Waals surface area contributed by atoms with Crippen LogP contribution in [0, 0.1) is 5.92 Å². The molecule has 0 radical (unpaired) electrons. The molecule has 42 heavy (non-hydrogen) atoms. The summed E-state index contributed by atoms with van der Waals surface area (Å²) >= 11 is 0. The van der Waals surface area contributed by atoms with Crippen molar-refractivity contribution >= 4 is 34.5 Å². The molecule has 2 amide bonds. The summed E-state index contributed by atoms with van der Waals surface area (Å²) in [5.41, 5.74) is 4.35. The van der Waals surface area contributed by atoms with Crippen molar-refractivity contribution in [3.8, 4) is 17.1 Å². The van der Waals surface area contributed by atoms with Gasteiger partial charge < -0.3 is 20.4 Å². The van der Waals surface area contributed by atoms with E-state index in [1.807, 2.05) is 95.2 Å². The summed E-state index contributed by atoms with van der Waals surface area (Å²) in [7, 11) is 3.88. The molecule has 5 aromatic rings. The first-order valence-corrected chi connectivity index (χ1v) is 14.2. The number of fused-ring (bicyclic) bond motifs is 1. The minimum atomic E-state index is -0.0373. The maximum absolute atomic E-state index is 12.7. The lowest BCUT2D eigenvalue weighted by molar-refractivity contribution is 0.175. The SMILES string of the molecule is CN(C)c1ccc(-c2ccc3c(c2)ncn3-c2ccnc(NCCC3CCCN(C(=O)Nc4ccccc4)C3)n2)nn1. The van der Waals surface area contributed by atoms with Crippen molar-refractivity contribution in [3.63, 3.8) is 0 Å². The second-order valence-electron chi connectivity index (χ2n) is 10.7. The van der Waals surface area contributed by atoms with Crippen LogP contribution < -0.4 is 15.5 Å². The first kappa shape index (κ1) is 27.1. The quantitative estimate of drug-likeness (QED) is 0.269. The van der Waals surface area contributed by atoms with Crippen LogP contribution in [0.3, 0.4) is 0 Å². The molecule has 6 rings (SSSR count). The summed E-state index contributed by atoms with van der Waals surface area (Å²) in [5.74, 6) is 2.53. The highest BCUT2D eigenvalue weighted by Crippen LogP contribution is 2.25. The van der Waals surface area contributed by atoms with Crippen molar-refractivity contribution in [2.45, 2.75) is 19.3 Å². The zero-order valence-corrected chi connectivity index (χ0v) is 23.8. The number of likely N-dealkylation sites (tertiary alicyclic amines) is 1. The predicted octanol–water partition coefficient (Wildman–Crippen LogP) is 5.08. The molecule has 214 valence electrons. The number of nitrogens with one attached hydrogen (secondary N) is 2. The molecular weight excluding hydrogens is 528 g/mol. The summed E-state index contributed by atoms with van der Waals surface area (Å²) in [4.78, 5) is 30.4. The predicted molar refractivity (Wildman–Crippen MR) is 165 cm³/mol. The van der Waals surface area contributed by atoms with Gasteiger partial charge in [0.25, 0.3) is 0 Å². The van der Waals surface area contributed by atoms with Crippen molar-refractivity contribution in [2.75, 3.05) is 49.3 Å². The van der Waals surface area contributed by atoms with Gasteiger partial charge in [-0.1, -0.05) is 24.3 Å². The van der Waals surface area contributed by atoms with E-state index >= 15 is 0 Å². The lowest BCUT2D eigenvalue weighted by atomic mass is 9.95. The number of hydrogen-bond donors (Lipinski definition) is 2. The Balaban J connectivity index is 1.07. The van der Waals surface area contributed by atoms with Crippen LogP contribution in [0.1, 0.15) is 19.3 Å². The van der Waals surface area contributed by atoms with E-state index in [9.17, 15) is 4.79 Å². The van der Waals surface area contributed by atoms with Gasteiger partial charge in [0, 0.05) is 51.2 Å². The van der Waals surface area contributed by atoms with Crippen LogP contribution in [0.4, 0.5) is 22.2 Å². The van der Waals surface area contributed by atoms with E-state index in [0.717, 1.165) is 78.5 Å². The fraction of sp³-hybridized carbons (Fsp3) is 0.290. The van der Waals surface area contributed by atoms with Crippen LogP contribution in [0.2, 0.25) is 0 Å². The largest absolute Gasteiger partial charge is 0.361 e. The number of carbonyl (C=O) groups excluding carboxylic acids is 1. The lowest BCUT2D eigenvalue weighted by Gasteiger charge is -2.32. The van der Waals surface area contributed by atoms with Gasteiger partial charge in [-0.15, -0.1) is 10.2 Å². The fourth-order valence-corrected chi connectivity index (χ4v) is 5.24. The number of anilines is 3. The molecule has 1 unspecified atom stereocenters. The number of rotatable bonds is 8. The number of benzene rings is 2. The van der Waals surface area contributed by atoms with Crippen molar-refractivity contribution in [1.29, 1.82) is 0 Å². The van der Waals surface area contributed by atoms with Crippen LogP contribution in [0.15, 0.2) is 79.3 Å². The minimum absolute atomic E-state index is 0.0373. The van der Waals surface area contributed by atoms with Crippen LogP contribution in [-0.2, 0) is 0 Å². The van der Waals surface area contributed by atoms with E-state index in [-0.39, 0.29) is 6.03 Å². The van der Waals surface area contributed by atoms with E-state index in [1.54, 1.807) is 12.5 Å². The molecule has 2 aromatic carbocycles. The van der Waals surface area contributed by atoms with Gasteiger partial charge in [0.1, 0.15) is 12.1 Å². The molecule has 1 atom stereocenters. The smallest absolute Gasteiger partial charge is 0.321 e. The Morgan fingerprint density at radius 1 is 1.02 bits per heavy atom. The van der Waals surface area contributed by atoms with Crippen molar-refractivity contribution in [1.82, 2.24) is 34.6 Å². The summed E-state index contributed by atoms with van der Waals surface area (Å²) < 4.78 is 1.96. The number of aromatic nitrogens is 6. The molecule has 0 saturated carbocycles. The number of piperidine rings is 1. The van der Waals surface area contributed by atoms with E-state index in [1.165, 1.54) is 0 Å². The second-order valence-corrected chi connectivity index (χ2v) is 10.7. The normalized spacial score (nSPS) is 15.0. The molecule has 4 heterocycles. The number of nitrogens with zero attached hydrogens (tertiary/aromatic N) is 8. The highest BCUT2D eigenvalue weighted by atomic mass is 16.2. The summed E-state index contributed by atoms with van der Waals surface area (Å²) in [6.07, 6.45) is 6.56. The van der Waals surface area contributed by atoms with Gasteiger partial charge in [0.2, 0.25) is 5.95 Å². The van der Waals surface area contributed by atoms with Crippen LogP contribution in [0.25, 0.3) is 28.1 Å². The Morgan fingerprint density at radius 3 is 2.71 bits per heavy atom. The van der Waals surface area contributed by atoms with Gasteiger partial charge >= 0.3 is 6.03 Å². The van der Waals surface area contributed by atoms with Gasteiger partial charge in [-0.05, 0) is 67.6 Å².